The van der Waals surface area contributed by atoms with E-state index in [9.17, 15) is 14.4 Å². The molecule has 0 saturated carbocycles. The maximum Gasteiger partial charge on any atom is 0.325 e. The van der Waals surface area contributed by atoms with E-state index in [1.54, 1.807) is 0 Å². The zero-order chi connectivity index (χ0) is 14.4. The van der Waals surface area contributed by atoms with Crippen LogP contribution >= 0.6 is 0 Å². The molecule has 6 nitrogen and oxygen atoms in total. The van der Waals surface area contributed by atoms with Crippen molar-refractivity contribution in [1.82, 2.24) is 15.3 Å². The minimum atomic E-state index is -0.686. The molecule has 6 heteroatoms. The Bertz CT molecular complexity index is 689. The van der Waals surface area contributed by atoms with Crippen LogP contribution in [-0.2, 0) is 6.42 Å². The van der Waals surface area contributed by atoms with Crippen molar-refractivity contribution >= 4 is 5.91 Å². The van der Waals surface area contributed by atoms with Gasteiger partial charge in [0.2, 0.25) is 0 Å². The molecule has 20 heavy (non-hydrogen) atoms. The van der Waals surface area contributed by atoms with E-state index in [2.05, 4.69) is 10.3 Å². The predicted molar refractivity (Wildman–Crippen MR) is 74.8 cm³/mol. The lowest BCUT2D eigenvalue weighted by molar-refractivity contribution is 0.0951. The van der Waals surface area contributed by atoms with Crippen molar-refractivity contribution < 1.29 is 4.79 Å². The first kappa shape index (κ1) is 13.8. The normalized spacial score (nSPS) is 10.2. The van der Waals surface area contributed by atoms with E-state index >= 15 is 0 Å². The van der Waals surface area contributed by atoms with Gasteiger partial charge in [-0.25, -0.2) is 4.79 Å². The number of benzene rings is 1. The molecule has 0 fully saturated rings. The van der Waals surface area contributed by atoms with Crippen LogP contribution in [0.3, 0.4) is 0 Å². The van der Waals surface area contributed by atoms with Crippen molar-refractivity contribution in [2.24, 2.45) is 0 Å². The molecule has 0 aliphatic carbocycles. The SMILES string of the molecule is O=C(NCCCc1ccccc1)c1c[nH]c(=O)[nH]c1=O. The largest absolute Gasteiger partial charge is 0.352 e. The van der Waals surface area contributed by atoms with Crippen LogP contribution in [-0.4, -0.2) is 22.4 Å². The molecule has 1 aromatic heterocycles. The Kier molecular flexibility index (Phi) is 4.49. The van der Waals surface area contributed by atoms with E-state index in [0.29, 0.717) is 6.54 Å². The van der Waals surface area contributed by atoms with Crippen LogP contribution in [0.15, 0.2) is 46.1 Å². The van der Waals surface area contributed by atoms with Gasteiger partial charge in [0, 0.05) is 12.7 Å². The molecule has 0 radical (unpaired) electrons. The van der Waals surface area contributed by atoms with Gasteiger partial charge in [0.05, 0.1) is 0 Å². The second-order valence-electron chi connectivity index (χ2n) is 4.33. The van der Waals surface area contributed by atoms with Crippen LogP contribution in [0.25, 0.3) is 0 Å². The maximum atomic E-state index is 11.7. The Morgan fingerprint density at radius 3 is 2.60 bits per heavy atom. The Hall–Kier alpha value is -2.63. The molecule has 0 unspecified atom stereocenters. The fraction of sp³-hybridized carbons (Fsp3) is 0.214. The third kappa shape index (κ3) is 3.68. The summed E-state index contributed by atoms with van der Waals surface area (Å²) in [6.45, 7) is 0.465. The molecule has 0 saturated heterocycles. The zero-order valence-electron chi connectivity index (χ0n) is 10.8. The number of nitrogens with one attached hydrogen (secondary N) is 3. The van der Waals surface area contributed by atoms with Crippen molar-refractivity contribution in [3.8, 4) is 0 Å². The van der Waals surface area contributed by atoms with E-state index in [1.165, 1.54) is 5.56 Å². The van der Waals surface area contributed by atoms with E-state index < -0.39 is 17.2 Å². The van der Waals surface area contributed by atoms with Gasteiger partial charge < -0.3 is 10.3 Å². The quantitative estimate of drug-likeness (QED) is 0.689. The Morgan fingerprint density at radius 2 is 1.90 bits per heavy atom. The molecule has 0 atom stereocenters. The first-order chi connectivity index (χ1) is 9.66. The summed E-state index contributed by atoms with van der Waals surface area (Å²) in [7, 11) is 0. The number of hydrogen-bond donors (Lipinski definition) is 3. The van der Waals surface area contributed by atoms with E-state index in [4.69, 9.17) is 0 Å². The molecule has 0 bridgehead atoms. The maximum absolute atomic E-state index is 11.7. The zero-order valence-corrected chi connectivity index (χ0v) is 10.8. The van der Waals surface area contributed by atoms with Crippen molar-refractivity contribution in [3.63, 3.8) is 0 Å². The van der Waals surface area contributed by atoms with Gasteiger partial charge in [-0.2, -0.15) is 0 Å². The molecule has 104 valence electrons. The van der Waals surface area contributed by atoms with Gasteiger partial charge in [0.25, 0.3) is 11.5 Å². The number of aryl methyl sites for hydroxylation is 1. The summed E-state index contributed by atoms with van der Waals surface area (Å²) in [5.41, 5.74) is -0.210. The molecule has 2 aromatic rings. The molecule has 0 aliphatic heterocycles. The minimum Gasteiger partial charge on any atom is -0.352 e. The molecular formula is C14H15N3O3. The summed E-state index contributed by atoms with van der Waals surface area (Å²) in [4.78, 5) is 38.2. The Morgan fingerprint density at radius 1 is 1.15 bits per heavy atom. The first-order valence-electron chi connectivity index (χ1n) is 6.31. The summed E-state index contributed by atoms with van der Waals surface area (Å²) >= 11 is 0. The van der Waals surface area contributed by atoms with Crippen LogP contribution < -0.4 is 16.6 Å². The van der Waals surface area contributed by atoms with Crippen molar-refractivity contribution in [2.75, 3.05) is 6.54 Å². The lowest BCUT2D eigenvalue weighted by Crippen LogP contribution is -2.33. The second kappa shape index (κ2) is 6.51. The first-order valence-corrected chi connectivity index (χ1v) is 6.31. The minimum absolute atomic E-state index is 0.0932. The van der Waals surface area contributed by atoms with Gasteiger partial charge in [-0.05, 0) is 18.4 Å². The molecule has 3 N–H and O–H groups in total. The van der Waals surface area contributed by atoms with Crippen LogP contribution in [0, 0.1) is 0 Å². The van der Waals surface area contributed by atoms with Crippen LogP contribution in [0.2, 0.25) is 0 Å². The Balaban J connectivity index is 1.84. The van der Waals surface area contributed by atoms with Crippen LogP contribution in [0.4, 0.5) is 0 Å². The van der Waals surface area contributed by atoms with E-state index in [1.807, 2.05) is 35.3 Å². The number of carbonyl (C=O) groups excluding carboxylic acids is 1. The third-order valence-corrected chi connectivity index (χ3v) is 2.83. The summed E-state index contributed by atoms with van der Waals surface area (Å²) in [6, 6.07) is 9.93. The average Bonchev–Trinajstić information content (AvgIpc) is 2.44. The molecule has 1 amide bonds. The lowest BCUT2D eigenvalue weighted by atomic mass is 10.1. The molecule has 2 rings (SSSR count). The fourth-order valence-electron chi connectivity index (χ4n) is 1.81. The van der Waals surface area contributed by atoms with Gasteiger partial charge in [0.1, 0.15) is 5.56 Å². The highest BCUT2D eigenvalue weighted by molar-refractivity contribution is 5.93. The second-order valence-corrected chi connectivity index (χ2v) is 4.33. The summed E-state index contributed by atoms with van der Waals surface area (Å²) in [5, 5.41) is 2.65. The number of aromatic amines is 2. The molecule has 0 aliphatic rings. The van der Waals surface area contributed by atoms with Crippen molar-refractivity contribution in [2.45, 2.75) is 12.8 Å². The smallest absolute Gasteiger partial charge is 0.325 e. The van der Waals surface area contributed by atoms with E-state index in [0.717, 1.165) is 19.0 Å². The third-order valence-electron chi connectivity index (χ3n) is 2.83. The van der Waals surface area contributed by atoms with Gasteiger partial charge >= 0.3 is 5.69 Å². The Labute approximate surface area is 114 Å². The lowest BCUT2D eigenvalue weighted by Gasteiger charge is -2.04. The number of amides is 1. The van der Waals surface area contributed by atoms with Crippen molar-refractivity contribution in [1.29, 1.82) is 0 Å². The van der Waals surface area contributed by atoms with Gasteiger partial charge in [-0.3, -0.25) is 14.6 Å². The van der Waals surface area contributed by atoms with Crippen LogP contribution in [0.1, 0.15) is 22.3 Å². The summed E-state index contributed by atoms with van der Waals surface area (Å²) in [6.07, 6.45) is 2.74. The molecule has 1 heterocycles. The topological polar surface area (TPSA) is 94.8 Å². The molecular weight excluding hydrogens is 258 g/mol. The number of hydrogen-bond acceptors (Lipinski definition) is 3. The van der Waals surface area contributed by atoms with Gasteiger partial charge in [-0.15, -0.1) is 0 Å². The standard InChI is InChI=1S/C14H15N3O3/c18-12(11-9-16-14(20)17-13(11)19)15-8-4-7-10-5-2-1-3-6-10/h1-3,5-6,9H,4,7-8H2,(H,15,18)(H2,16,17,19,20). The summed E-state index contributed by atoms with van der Waals surface area (Å²) in [5.74, 6) is -0.490. The molecule has 1 aromatic carbocycles. The number of carbonyl (C=O) groups is 1. The monoisotopic (exact) mass is 273 g/mol. The van der Waals surface area contributed by atoms with Crippen LogP contribution in [0.5, 0.6) is 0 Å². The predicted octanol–water partition coefficient (Wildman–Crippen LogP) is 0.426. The van der Waals surface area contributed by atoms with Gasteiger partial charge in [0.15, 0.2) is 0 Å². The fourth-order valence-corrected chi connectivity index (χ4v) is 1.81. The highest BCUT2D eigenvalue weighted by Crippen LogP contribution is 2.01. The van der Waals surface area contributed by atoms with E-state index in [-0.39, 0.29) is 5.56 Å². The number of rotatable bonds is 5. The highest BCUT2D eigenvalue weighted by atomic mass is 16.2. The van der Waals surface area contributed by atoms with Gasteiger partial charge in [-0.1, -0.05) is 30.3 Å². The van der Waals surface area contributed by atoms with Crippen molar-refractivity contribution in [3.05, 3.63) is 68.5 Å². The number of aromatic nitrogens is 2. The molecule has 0 spiro atoms. The summed E-state index contributed by atoms with van der Waals surface area (Å²) < 4.78 is 0. The average molecular weight is 273 g/mol. The highest BCUT2D eigenvalue weighted by Gasteiger charge is 2.09. The number of H-pyrrole nitrogens is 2.